The molecule has 1 amide bonds. The first-order valence-corrected chi connectivity index (χ1v) is 12.1. The van der Waals surface area contributed by atoms with Gasteiger partial charge in [0, 0.05) is 24.6 Å². The van der Waals surface area contributed by atoms with E-state index >= 15 is 0 Å². The molecule has 172 valence electrons. The highest BCUT2D eigenvalue weighted by Crippen LogP contribution is 2.23. The van der Waals surface area contributed by atoms with Gasteiger partial charge in [0.15, 0.2) is 22.1 Å². The number of amides is 1. The van der Waals surface area contributed by atoms with Gasteiger partial charge in [0.2, 0.25) is 0 Å². The summed E-state index contributed by atoms with van der Waals surface area (Å²) in [6.45, 7) is 1.55. The van der Waals surface area contributed by atoms with Gasteiger partial charge in [-0.3, -0.25) is 10.1 Å². The number of hydrogen-bond donors (Lipinski definition) is 2. The third kappa shape index (κ3) is 5.38. The Labute approximate surface area is 190 Å². The summed E-state index contributed by atoms with van der Waals surface area (Å²) < 4.78 is 33.2. The molecule has 0 bridgehead atoms. The molecule has 4 rings (SSSR count). The molecule has 1 unspecified atom stereocenters. The highest BCUT2D eigenvalue weighted by molar-refractivity contribution is 7.82. The van der Waals surface area contributed by atoms with E-state index in [2.05, 4.69) is 15.5 Å². The van der Waals surface area contributed by atoms with Crippen molar-refractivity contribution in [2.45, 2.75) is 36.3 Å². The molecular weight excluding hydrogens is 459 g/mol. The van der Waals surface area contributed by atoms with Gasteiger partial charge in [-0.15, -0.1) is 0 Å². The van der Waals surface area contributed by atoms with Gasteiger partial charge >= 0.3 is 0 Å². The summed E-state index contributed by atoms with van der Waals surface area (Å²) in [5.41, 5.74) is 0.429. The molecule has 2 aromatic rings. The molecule has 32 heavy (non-hydrogen) atoms. The number of anilines is 1. The number of halogens is 1. The average Bonchev–Trinajstić information content (AvgIpc) is 3.56. The van der Waals surface area contributed by atoms with Crippen molar-refractivity contribution in [3.63, 3.8) is 0 Å². The zero-order valence-corrected chi connectivity index (χ0v) is 18.7. The molecule has 12 heteroatoms. The number of oxime groups is 1. The van der Waals surface area contributed by atoms with Crippen molar-refractivity contribution < 1.29 is 28.1 Å². The molecule has 2 fully saturated rings. The highest BCUT2D eigenvalue weighted by atomic mass is 32.2. The molecule has 0 aliphatic carbocycles. The highest BCUT2D eigenvalue weighted by Gasteiger charge is 2.29. The summed E-state index contributed by atoms with van der Waals surface area (Å²) in [6.07, 6.45) is 3.11. The van der Waals surface area contributed by atoms with Gasteiger partial charge in [0.25, 0.3) is 5.91 Å². The minimum atomic E-state index is -1.42. The molecule has 0 saturated carbocycles. The van der Waals surface area contributed by atoms with Gasteiger partial charge in [-0.05, 0) is 25.0 Å². The molecule has 0 spiro atoms. The number of rotatable bonds is 8. The predicted molar refractivity (Wildman–Crippen MR) is 117 cm³/mol. The summed E-state index contributed by atoms with van der Waals surface area (Å²) in [7, 11) is -1.42. The van der Waals surface area contributed by atoms with Crippen molar-refractivity contribution >= 4 is 39.1 Å². The van der Waals surface area contributed by atoms with Gasteiger partial charge in [0.05, 0.1) is 30.9 Å². The quantitative estimate of drug-likeness (QED) is 0.439. The van der Waals surface area contributed by atoms with Crippen molar-refractivity contribution in [3.05, 3.63) is 41.2 Å². The van der Waals surface area contributed by atoms with Crippen LogP contribution < -0.4 is 5.32 Å². The van der Waals surface area contributed by atoms with E-state index in [9.17, 15) is 18.5 Å². The van der Waals surface area contributed by atoms with Gasteiger partial charge in [-0.1, -0.05) is 28.6 Å². The van der Waals surface area contributed by atoms with E-state index in [1.54, 1.807) is 28.6 Å². The fourth-order valence-electron chi connectivity index (χ4n) is 3.49. The molecule has 2 aliphatic rings. The number of ether oxygens (including phenoxy) is 1. The molecule has 2 N–H and O–H groups in total. The maximum Gasteiger partial charge on any atom is 0.280 e. The molecule has 3 atom stereocenters. The number of aliphatic hydroxyl groups excluding tert-OH is 1. The molecule has 9 nitrogen and oxygen atoms in total. The number of carbonyl (C=O) groups is 1. The third-order valence-corrected chi connectivity index (χ3v) is 7.45. The predicted octanol–water partition coefficient (Wildman–Crippen LogP) is 1.91. The largest absolute Gasteiger partial charge is 0.395 e. The van der Waals surface area contributed by atoms with Crippen LogP contribution in [0.2, 0.25) is 0 Å². The Morgan fingerprint density at radius 3 is 2.88 bits per heavy atom. The second kappa shape index (κ2) is 10.6. The van der Waals surface area contributed by atoms with Crippen LogP contribution in [0.3, 0.4) is 0 Å². The van der Waals surface area contributed by atoms with Crippen LogP contribution in [0, 0.1) is 5.13 Å². The summed E-state index contributed by atoms with van der Waals surface area (Å²) in [5.74, 6) is -0.605. The van der Waals surface area contributed by atoms with Crippen LogP contribution in [0.5, 0.6) is 0 Å². The van der Waals surface area contributed by atoms with Crippen LogP contribution in [0.15, 0.2) is 40.5 Å². The van der Waals surface area contributed by atoms with Crippen LogP contribution in [-0.4, -0.2) is 68.7 Å². The van der Waals surface area contributed by atoms with Crippen molar-refractivity contribution in [1.82, 2.24) is 9.29 Å². The van der Waals surface area contributed by atoms with Crippen molar-refractivity contribution in [3.8, 4) is 0 Å². The van der Waals surface area contributed by atoms with E-state index < -0.39 is 22.0 Å². The zero-order chi connectivity index (χ0) is 22.5. The van der Waals surface area contributed by atoms with Crippen molar-refractivity contribution in [2.75, 3.05) is 31.7 Å². The van der Waals surface area contributed by atoms with Crippen LogP contribution in [-0.2, 0) is 25.4 Å². The minimum Gasteiger partial charge on any atom is -0.395 e. The lowest BCUT2D eigenvalue weighted by Gasteiger charge is -2.21. The number of benzene rings is 1. The van der Waals surface area contributed by atoms with E-state index in [1.165, 1.54) is 0 Å². The number of aromatic nitrogens is 1. The second-order valence-corrected chi connectivity index (χ2v) is 9.77. The first-order chi connectivity index (χ1) is 15.5. The summed E-state index contributed by atoms with van der Waals surface area (Å²) in [6, 6.07) is 6.45. The lowest BCUT2D eigenvalue weighted by molar-refractivity contribution is -0.110. The second-order valence-electron chi connectivity index (χ2n) is 7.35. The molecular formula is C20H23FN4O5S2. The standard InChI is InChI=1S/C20H23FN4O5S2/c21-17-10-22-20(31-17)23-19(27)18(24-30-15-7-9-29-12-15)13-3-5-16(6-4-13)32(28)25-8-1-2-14(25)11-26/h3-6,10,14-15,26H,1-2,7-9,11-12H2,(H,22,23,27)/b24-18+/t14-,15-,32?/m1/s1. The summed E-state index contributed by atoms with van der Waals surface area (Å²) >= 11 is 0.703. The van der Waals surface area contributed by atoms with E-state index in [0.29, 0.717) is 48.0 Å². The Kier molecular flexibility index (Phi) is 7.58. The zero-order valence-electron chi connectivity index (χ0n) is 17.1. The van der Waals surface area contributed by atoms with Gasteiger partial charge < -0.3 is 14.7 Å². The Hall–Kier alpha value is -2.25. The number of nitrogens with one attached hydrogen (secondary N) is 1. The number of carbonyl (C=O) groups excluding carboxylic acids is 1. The molecule has 1 aromatic carbocycles. The fraction of sp³-hybridized carbons (Fsp3) is 0.450. The van der Waals surface area contributed by atoms with Gasteiger partial charge in [-0.2, -0.15) is 4.39 Å². The lowest BCUT2D eigenvalue weighted by atomic mass is 10.1. The minimum absolute atomic E-state index is 0.0146. The molecule has 1 aromatic heterocycles. The van der Waals surface area contributed by atoms with E-state index in [1.807, 2.05) is 0 Å². The topological polar surface area (TPSA) is 113 Å². The number of thiazole rings is 1. The molecule has 0 radical (unpaired) electrons. The summed E-state index contributed by atoms with van der Waals surface area (Å²) in [4.78, 5) is 22.7. The van der Waals surface area contributed by atoms with E-state index in [0.717, 1.165) is 19.0 Å². The maximum atomic E-state index is 13.2. The maximum absolute atomic E-state index is 13.2. The number of hydrogen-bond acceptors (Lipinski definition) is 8. The number of nitrogens with zero attached hydrogens (tertiary/aromatic N) is 3. The Morgan fingerprint density at radius 2 is 2.22 bits per heavy atom. The Morgan fingerprint density at radius 1 is 1.41 bits per heavy atom. The molecule has 2 aliphatic heterocycles. The lowest BCUT2D eigenvalue weighted by Crippen LogP contribution is -2.33. The van der Waals surface area contributed by atoms with E-state index in [-0.39, 0.29) is 29.6 Å². The van der Waals surface area contributed by atoms with Gasteiger partial charge in [-0.25, -0.2) is 13.5 Å². The van der Waals surface area contributed by atoms with E-state index in [4.69, 9.17) is 9.57 Å². The third-order valence-electron chi connectivity index (χ3n) is 5.17. The molecule has 3 heterocycles. The first kappa shape index (κ1) is 22.9. The van der Waals surface area contributed by atoms with Crippen LogP contribution in [0.4, 0.5) is 9.52 Å². The van der Waals surface area contributed by atoms with Crippen molar-refractivity contribution in [1.29, 1.82) is 0 Å². The number of aliphatic hydroxyl groups is 1. The van der Waals surface area contributed by atoms with Gasteiger partial charge in [0.1, 0.15) is 11.0 Å². The first-order valence-electron chi connectivity index (χ1n) is 10.2. The Balaban J connectivity index is 1.53. The van der Waals surface area contributed by atoms with Crippen LogP contribution in [0.25, 0.3) is 0 Å². The fourth-order valence-corrected chi connectivity index (χ4v) is 5.41. The smallest absolute Gasteiger partial charge is 0.280 e. The average molecular weight is 483 g/mol. The van der Waals surface area contributed by atoms with Crippen molar-refractivity contribution in [2.24, 2.45) is 5.16 Å². The molecule has 2 saturated heterocycles. The van der Waals surface area contributed by atoms with Crippen LogP contribution in [0.1, 0.15) is 24.8 Å². The van der Waals surface area contributed by atoms with Crippen LogP contribution >= 0.6 is 11.3 Å². The SMILES string of the molecule is O=C(Nc1ncc(F)s1)/C(=N/O[C@@H]1CCOC1)c1ccc(S(=O)N2CCC[C@@H]2CO)cc1. The Bertz CT molecular complexity index is 994. The summed E-state index contributed by atoms with van der Waals surface area (Å²) in [5, 5.41) is 15.6. The normalized spacial score (nSPS) is 22.8. The monoisotopic (exact) mass is 482 g/mol.